The van der Waals surface area contributed by atoms with Gasteiger partial charge in [-0.3, -0.25) is 0 Å². The van der Waals surface area contributed by atoms with Gasteiger partial charge in [0.25, 0.3) is 0 Å². The molecular weight excluding hydrogens is 213 g/mol. The van der Waals surface area contributed by atoms with E-state index in [0.29, 0.717) is 0 Å². The second-order valence-corrected chi connectivity index (χ2v) is 0.316. The molecule has 0 aromatic carbocycles. The van der Waals surface area contributed by atoms with Crippen molar-refractivity contribution in [1.82, 2.24) is 0 Å². The van der Waals surface area contributed by atoms with Crippen molar-refractivity contribution in [2.45, 2.75) is 6.92 Å². The van der Waals surface area contributed by atoms with Crippen molar-refractivity contribution in [2.75, 3.05) is 6.61 Å². The van der Waals surface area contributed by atoms with Crippen molar-refractivity contribution in [3.63, 3.8) is 0 Å². The second kappa shape index (κ2) is 17.0. The first-order chi connectivity index (χ1) is 1.41. The van der Waals surface area contributed by atoms with Crippen LogP contribution in [0.15, 0.2) is 0 Å². The van der Waals surface area contributed by atoms with Crippen LogP contribution in [0.4, 0.5) is 0 Å². The molecule has 0 fully saturated rings. The zero-order chi connectivity index (χ0) is 2.71. The Balaban J connectivity index is -0.00000000333. The maximum Gasteiger partial charge on any atom is 2.00 e. The molecule has 0 aliphatic carbocycles. The van der Waals surface area contributed by atoms with Crippen molar-refractivity contribution in [3.05, 3.63) is 0 Å². The quantitative estimate of drug-likeness (QED) is 0.583. The summed E-state index contributed by atoms with van der Waals surface area (Å²) in [7, 11) is 0. The molecule has 0 radical (unpaired) electrons. The van der Waals surface area contributed by atoms with E-state index < -0.39 is 0 Å². The van der Waals surface area contributed by atoms with Gasteiger partial charge in [0.05, 0.1) is 0 Å². The van der Waals surface area contributed by atoms with Gasteiger partial charge in [0.2, 0.25) is 0 Å². The van der Waals surface area contributed by atoms with E-state index in [4.69, 9.17) is 5.11 Å². The topological polar surface area (TPSA) is 20.2 Å². The average molecular weight is 222 g/mol. The normalized spacial score (nSPS) is 3.60. The van der Waals surface area contributed by atoms with E-state index in [1.807, 2.05) is 0 Å². The molecule has 0 aromatic rings. The molecule has 3 heteroatoms. The van der Waals surface area contributed by atoms with E-state index in [0.717, 1.165) is 0 Å². The van der Waals surface area contributed by atoms with Gasteiger partial charge in [0.1, 0.15) is 0 Å². The molecule has 0 aliphatic rings. The summed E-state index contributed by atoms with van der Waals surface area (Å²) in [5, 5.41) is 7.57. The Labute approximate surface area is 81.6 Å². The van der Waals surface area contributed by atoms with E-state index in [2.05, 4.69) is 0 Å². The largest absolute Gasteiger partial charge is 2.00 e. The van der Waals surface area contributed by atoms with E-state index in [9.17, 15) is 0 Å². The molecule has 5 heavy (non-hydrogen) atoms. The molecule has 0 rings (SSSR count). The molecule has 0 heterocycles. The molecule has 32 valence electrons. The Kier molecular flexibility index (Phi) is 53.8. The van der Waals surface area contributed by atoms with Gasteiger partial charge in [0, 0.05) is 6.61 Å². The van der Waals surface area contributed by atoms with Gasteiger partial charge in [-0.05, 0) is 6.92 Å². The first-order valence-electron chi connectivity index (χ1n) is 1.02. The fourth-order valence-corrected chi connectivity index (χ4v) is 0. The number of hydrogen-bond donors (Lipinski definition) is 1. The summed E-state index contributed by atoms with van der Waals surface area (Å²) in [5.41, 5.74) is 0. The number of rotatable bonds is 0. The van der Waals surface area contributed by atoms with Crippen molar-refractivity contribution >= 4 is 61.3 Å². The SMILES string of the molecule is CCO.Cl.[Ba+2].[H-].[H-]. The molecule has 0 bridgehead atoms. The Hall–Kier alpha value is 1.82. The van der Waals surface area contributed by atoms with Gasteiger partial charge in [-0.1, -0.05) is 0 Å². The summed E-state index contributed by atoms with van der Waals surface area (Å²) in [4.78, 5) is 0. The number of hydrogen-bond acceptors (Lipinski definition) is 1. The van der Waals surface area contributed by atoms with Crippen LogP contribution in [0, 0.1) is 0 Å². The van der Waals surface area contributed by atoms with Crippen LogP contribution in [-0.4, -0.2) is 60.6 Å². The fourth-order valence-electron chi connectivity index (χ4n) is 0. The standard InChI is InChI=1S/C2H6O.Ba.ClH.2H/c1-2-3;;;;/h3H,2H2,1H3;;1H;;/q;+2;;2*-1. The van der Waals surface area contributed by atoms with Crippen LogP contribution in [0.3, 0.4) is 0 Å². The number of aliphatic hydroxyl groups excluding tert-OH is 1. The minimum absolute atomic E-state index is 0. The summed E-state index contributed by atoms with van der Waals surface area (Å²) in [5.74, 6) is 0. The van der Waals surface area contributed by atoms with Crippen LogP contribution in [-0.2, 0) is 0 Å². The summed E-state index contributed by atoms with van der Waals surface area (Å²) < 4.78 is 0. The van der Waals surface area contributed by atoms with Crippen LogP contribution < -0.4 is 0 Å². The van der Waals surface area contributed by atoms with Crippen LogP contribution >= 0.6 is 12.4 Å². The smallest absolute Gasteiger partial charge is 1.00 e. The third kappa shape index (κ3) is 25.6. The molecule has 0 amide bonds. The fraction of sp³-hybridized carbons (Fsp3) is 1.00. The summed E-state index contributed by atoms with van der Waals surface area (Å²) in [6.45, 7) is 1.93. The molecule has 0 aliphatic heterocycles. The van der Waals surface area contributed by atoms with Crippen LogP contribution in [0.25, 0.3) is 0 Å². The molecule has 0 unspecified atom stereocenters. The van der Waals surface area contributed by atoms with Crippen molar-refractivity contribution in [2.24, 2.45) is 0 Å². The number of aliphatic hydroxyl groups is 1. The average Bonchev–Trinajstić information content (AvgIpc) is 0.918. The Morgan fingerprint density at radius 2 is 1.80 bits per heavy atom. The molecule has 1 nitrogen and oxygen atoms in total. The maximum absolute atomic E-state index is 7.57. The minimum atomic E-state index is 0. The van der Waals surface area contributed by atoms with Crippen LogP contribution in [0.2, 0.25) is 0 Å². The van der Waals surface area contributed by atoms with Crippen molar-refractivity contribution in [1.29, 1.82) is 0 Å². The molecule has 0 spiro atoms. The summed E-state index contributed by atoms with van der Waals surface area (Å²) in [6.07, 6.45) is 0. The molecule has 0 atom stereocenters. The molecule has 0 saturated carbocycles. The van der Waals surface area contributed by atoms with Gasteiger partial charge >= 0.3 is 48.9 Å². The van der Waals surface area contributed by atoms with Gasteiger partial charge in [0.15, 0.2) is 0 Å². The molecule has 0 aromatic heterocycles. The molecular formula is C2H9BaClO. The zero-order valence-electron chi connectivity index (χ0n) is 5.27. The van der Waals surface area contributed by atoms with Crippen LogP contribution in [0.1, 0.15) is 9.78 Å². The Morgan fingerprint density at radius 3 is 1.80 bits per heavy atom. The third-order valence-electron chi connectivity index (χ3n) is 0. The van der Waals surface area contributed by atoms with E-state index in [1.54, 1.807) is 6.92 Å². The van der Waals surface area contributed by atoms with Gasteiger partial charge in [-0.25, -0.2) is 0 Å². The van der Waals surface area contributed by atoms with Crippen molar-refractivity contribution < 1.29 is 7.96 Å². The van der Waals surface area contributed by atoms with Gasteiger partial charge in [-0.2, -0.15) is 0 Å². The monoisotopic (exact) mass is 222 g/mol. The minimum Gasteiger partial charge on any atom is -1.00 e. The molecule has 1 N–H and O–H groups in total. The maximum atomic E-state index is 7.57. The zero-order valence-corrected chi connectivity index (χ0v) is 8.53. The third-order valence-corrected chi connectivity index (χ3v) is 0. The predicted octanol–water partition coefficient (Wildman–Crippen LogP) is 0.265. The second-order valence-electron chi connectivity index (χ2n) is 0.316. The predicted molar refractivity (Wildman–Crippen MR) is 28.0 cm³/mol. The van der Waals surface area contributed by atoms with E-state index in [1.165, 1.54) is 0 Å². The van der Waals surface area contributed by atoms with Crippen LogP contribution in [0.5, 0.6) is 0 Å². The van der Waals surface area contributed by atoms with Gasteiger partial charge in [-0.15, -0.1) is 12.4 Å². The number of halogens is 1. The Bertz CT molecular complexity index is 15.7. The van der Waals surface area contributed by atoms with Crippen molar-refractivity contribution in [3.8, 4) is 0 Å². The van der Waals surface area contributed by atoms with E-state index in [-0.39, 0.29) is 70.7 Å². The van der Waals surface area contributed by atoms with E-state index >= 15 is 0 Å². The Morgan fingerprint density at radius 1 is 1.80 bits per heavy atom. The first kappa shape index (κ1) is 15.8. The summed E-state index contributed by atoms with van der Waals surface area (Å²) >= 11 is 0. The molecule has 0 saturated heterocycles. The van der Waals surface area contributed by atoms with Gasteiger partial charge < -0.3 is 7.96 Å². The summed E-state index contributed by atoms with van der Waals surface area (Å²) in [6, 6.07) is 0. The first-order valence-corrected chi connectivity index (χ1v) is 1.02.